The minimum Gasteiger partial charge on any atom is -0.508 e. The molecule has 2 saturated heterocycles. The number of urea groups is 2. The van der Waals surface area contributed by atoms with E-state index in [1.54, 1.807) is 37.2 Å². The van der Waals surface area contributed by atoms with Gasteiger partial charge in [-0.05, 0) is 24.6 Å². The molecule has 3 N–H and O–H groups in total. The Bertz CT molecular complexity index is 621. The number of phenols is 1. The number of carbonyl (C=O) groups excluding carboxylic acids is 2. The molecule has 7 nitrogen and oxygen atoms in total. The topological polar surface area (TPSA) is 84.9 Å². The Kier molecular flexibility index (Phi) is 3.35. The largest absolute Gasteiger partial charge is 0.508 e. The van der Waals surface area contributed by atoms with Gasteiger partial charge in [-0.3, -0.25) is 0 Å². The number of rotatable bonds is 1. The van der Waals surface area contributed by atoms with Crippen molar-refractivity contribution in [2.45, 2.75) is 25.2 Å². The van der Waals surface area contributed by atoms with Crippen molar-refractivity contribution in [2.24, 2.45) is 5.92 Å². The van der Waals surface area contributed by atoms with Crippen molar-refractivity contribution in [3.8, 4) is 5.75 Å². The lowest BCUT2D eigenvalue weighted by Crippen LogP contribution is -2.71. The normalized spacial score (nSPS) is 31.4. The molecule has 2 aliphatic rings. The predicted octanol–water partition coefficient (Wildman–Crippen LogP) is 1.07. The minimum absolute atomic E-state index is 0.0350. The first-order valence-electron chi connectivity index (χ1n) is 7.25. The fraction of sp³-hybridized carbons (Fsp3) is 0.467. The summed E-state index contributed by atoms with van der Waals surface area (Å²) in [5.41, 5.74) is 0.851. The van der Waals surface area contributed by atoms with Crippen LogP contribution in [-0.4, -0.2) is 53.3 Å². The number of benzene rings is 1. The molecule has 22 heavy (non-hydrogen) atoms. The van der Waals surface area contributed by atoms with Gasteiger partial charge in [-0.1, -0.05) is 12.1 Å². The summed E-state index contributed by atoms with van der Waals surface area (Å²) in [6, 6.07) is 6.14. The zero-order valence-electron chi connectivity index (χ0n) is 12.8. The standard InChI is InChI=1S/C15H20N4O3/c1-8-11-12(9-5-4-6-10(20)7-9)18(2)15(22)17-13(11)19(3)14(21)16-8/h4-8,11-13,20H,1-3H3,(H,16,21)(H,17,22)/t8-,11-,12+,13-/m1/s1. The molecule has 3 rings (SSSR count). The summed E-state index contributed by atoms with van der Waals surface area (Å²) < 4.78 is 0. The summed E-state index contributed by atoms with van der Waals surface area (Å²) in [5, 5.41) is 15.6. The molecule has 0 saturated carbocycles. The average molecular weight is 304 g/mol. The molecule has 0 radical (unpaired) electrons. The van der Waals surface area contributed by atoms with Gasteiger partial charge in [0.15, 0.2) is 0 Å². The molecule has 2 aliphatic heterocycles. The first-order valence-corrected chi connectivity index (χ1v) is 7.25. The summed E-state index contributed by atoms with van der Waals surface area (Å²) in [4.78, 5) is 27.4. The van der Waals surface area contributed by atoms with Crippen LogP contribution in [-0.2, 0) is 0 Å². The van der Waals surface area contributed by atoms with Gasteiger partial charge in [0.2, 0.25) is 0 Å². The maximum absolute atomic E-state index is 12.3. The van der Waals surface area contributed by atoms with Crippen LogP contribution < -0.4 is 10.6 Å². The second-order valence-corrected chi connectivity index (χ2v) is 5.97. The van der Waals surface area contributed by atoms with Crippen LogP contribution in [0.1, 0.15) is 18.5 Å². The van der Waals surface area contributed by atoms with Crippen LogP contribution in [0.5, 0.6) is 5.75 Å². The smallest absolute Gasteiger partial charge is 0.319 e. The number of fused-ring (bicyclic) bond motifs is 1. The lowest BCUT2D eigenvalue weighted by Gasteiger charge is -2.52. The van der Waals surface area contributed by atoms with Crippen LogP contribution >= 0.6 is 0 Å². The van der Waals surface area contributed by atoms with Crippen LogP contribution in [0.15, 0.2) is 24.3 Å². The van der Waals surface area contributed by atoms with Crippen molar-refractivity contribution in [1.82, 2.24) is 20.4 Å². The van der Waals surface area contributed by atoms with Gasteiger partial charge in [0, 0.05) is 26.1 Å². The third kappa shape index (κ3) is 2.13. The monoisotopic (exact) mass is 304 g/mol. The molecule has 7 heteroatoms. The number of nitrogens with zero attached hydrogens (tertiary/aromatic N) is 2. The maximum atomic E-state index is 12.3. The number of hydrogen-bond acceptors (Lipinski definition) is 3. The SMILES string of the molecule is C[C@H]1NC(=O)N(C)[C@H]2NC(=O)N(C)[C@@H](c3cccc(O)c3)[C@@H]12. The van der Waals surface area contributed by atoms with Crippen molar-refractivity contribution in [1.29, 1.82) is 0 Å². The van der Waals surface area contributed by atoms with Crippen LogP contribution in [0, 0.1) is 5.92 Å². The number of phenolic OH excluding ortho intramolecular Hbond substituents is 1. The zero-order valence-corrected chi connectivity index (χ0v) is 12.8. The van der Waals surface area contributed by atoms with Gasteiger partial charge in [-0.15, -0.1) is 0 Å². The molecule has 0 aliphatic carbocycles. The van der Waals surface area contributed by atoms with E-state index < -0.39 is 0 Å². The van der Waals surface area contributed by atoms with E-state index in [-0.39, 0.29) is 42.0 Å². The third-order valence-electron chi connectivity index (χ3n) is 4.62. The number of carbonyl (C=O) groups is 2. The van der Waals surface area contributed by atoms with Gasteiger partial charge < -0.3 is 25.5 Å². The van der Waals surface area contributed by atoms with E-state index in [4.69, 9.17) is 0 Å². The third-order valence-corrected chi connectivity index (χ3v) is 4.62. The van der Waals surface area contributed by atoms with E-state index in [2.05, 4.69) is 10.6 Å². The van der Waals surface area contributed by atoms with E-state index in [0.717, 1.165) is 5.56 Å². The number of aromatic hydroxyl groups is 1. The highest BCUT2D eigenvalue weighted by atomic mass is 16.3. The molecule has 1 aromatic rings. The Morgan fingerprint density at radius 2 is 1.77 bits per heavy atom. The second-order valence-electron chi connectivity index (χ2n) is 5.97. The quantitative estimate of drug-likeness (QED) is 0.725. The Balaban J connectivity index is 2.05. The Hall–Kier alpha value is -2.44. The van der Waals surface area contributed by atoms with E-state index in [1.165, 1.54) is 4.90 Å². The van der Waals surface area contributed by atoms with Crippen molar-refractivity contribution in [3.05, 3.63) is 29.8 Å². The van der Waals surface area contributed by atoms with Crippen molar-refractivity contribution < 1.29 is 14.7 Å². The molecule has 2 fully saturated rings. The first kappa shape index (κ1) is 14.5. The fourth-order valence-electron chi connectivity index (χ4n) is 3.46. The molecule has 0 unspecified atom stereocenters. The molecule has 0 aromatic heterocycles. The summed E-state index contributed by atoms with van der Waals surface area (Å²) in [6.07, 6.45) is -0.375. The van der Waals surface area contributed by atoms with Crippen molar-refractivity contribution >= 4 is 12.1 Å². The van der Waals surface area contributed by atoms with Crippen LogP contribution in [0.3, 0.4) is 0 Å². The van der Waals surface area contributed by atoms with Gasteiger partial charge in [0.25, 0.3) is 0 Å². The van der Waals surface area contributed by atoms with E-state index in [1.807, 2.05) is 13.0 Å². The van der Waals surface area contributed by atoms with E-state index in [0.29, 0.717) is 0 Å². The lowest BCUT2D eigenvalue weighted by molar-refractivity contribution is 0.0247. The zero-order chi connectivity index (χ0) is 16.0. The molecular weight excluding hydrogens is 284 g/mol. The first-order chi connectivity index (χ1) is 10.4. The summed E-state index contributed by atoms with van der Waals surface area (Å²) in [7, 11) is 3.40. The van der Waals surface area contributed by atoms with Crippen LogP contribution in [0.2, 0.25) is 0 Å². The van der Waals surface area contributed by atoms with Gasteiger partial charge in [-0.2, -0.15) is 0 Å². The summed E-state index contributed by atoms with van der Waals surface area (Å²) in [5.74, 6) is 0.126. The molecule has 4 atom stereocenters. The van der Waals surface area contributed by atoms with Crippen LogP contribution in [0.25, 0.3) is 0 Å². The molecule has 118 valence electrons. The molecule has 0 bridgehead atoms. The predicted molar refractivity (Wildman–Crippen MR) is 80.2 cm³/mol. The summed E-state index contributed by atoms with van der Waals surface area (Å²) in [6.45, 7) is 1.93. The molecule has 4 amide bonds. The van der Waals surface area contributed by atoms with Gasteiger partial charge in [0.05, 0.1) is 6.04 Å². The molecule has 0 spiro atoms. The van der Waals surface area contributed by atoms with Crippen molar-refractivity contribution in [2.75, 3.05) is 14.1 Å². The van der Waals surface area contributed by atoms with E-state index in [9.17, 15) is 14.7 Å². The Labute approximate surface area is 128 Å². The fourth-order valence-corrected chi connectivity index (χ4v) is 3.46. The van der Waals surface area contributed by atoms with E-state index >= 15 is 0 Å². The second kappa shape index (κ2) is 5.08. The highest BCUT2D eigenvalue weighted by Crippen LogP contribution is 2.38. The Morgan fingerprint density at radius 3 is 2.45 bits per heavy atom. The number of amides is 4. The molecule has 2 heterocycles. The number of hydrogen-bond donors (Lipinski definition) is 3. The number of nitrogens with one attached hydrogen (secondary N) is 2. The summed E-state index contributed by atoms with van der Waals surface area (Å²) >= 11 is 0. The molecular formula is C15H20N4O3. The lowest BCUT2D eigenvalue weighted by atomic mass is 9.81. The molecule has 1 aromatic carbocycles. The average Bonchev–Trinajstić information content (AvgIpc) is 2.47. The minimum atomic E-state index is -0.375. The Morgan fingerprint density at radius 1 is 1.09 bits per heavy atom. The highest BCUT2D eigenvalue weighted by Gasteiger charge is 2.49. The van der Waals surface area contributed by atoms with Gasteiger partial charge in [-0.25, -0.2) is 9.59 Å². The van der Waals surface area contributed by atoms with Gasteiger partial charge in [0.1, 0.15) is 11.9 Å². The highest BCUT2D eigenvalue weighted by molar-refractivity contribution is 5.80. The van der Waals surface area contributed by atoms with Crippen LogP contribution in [0.4, 0.5) is 9.59 Å². The van der Waals surface area contributed by atoms with Crippen molar-refractivity contribution in [3.63, 3.8) is 0 Å². The maximum Gasteiger partial charge on any atom is 0.319 e. The van der Waals surface area contributed by atoms with Gasteiger partial charge >= 0.3 is 12.1 Å².